The number of carbonyl (C=O) groups is 1. The third-order valence-electron chi connectivity index (χ3n) is 5.06. The molecule has 0 unspecified atom stereocenters. The summed E-state index contributed by atoms with van der Waals surface area (Å²) in [6.45, 7) is 3.78. The van der Waals surface area contributed by atoms with Gasteiger partial charge in [0.1, 0.15) is 11.0 Å². The smallest absolute Gasteiger partial charge is 0.254 e. The molecule has 9 heteroatoms. The zero-order chi connectivity index (χ0) is 24.3. The van der Waals surface area contributed by atoms with Gasteiger partial charge in [-0.2, -0.15) is 5.26 Å². The first-order chi connectivity index (χ1) is 16.5. The van der Waals surface area contributed by atoms with Crippen LogP contribution < -0.4 is 4.90 Å². The lowest BCUT2D eigenvalue weighted by atomic mass is 10.1. The molecule has 7 nitrogen and oxygen atoms in total. The highest BCUT2D eigenvalue weighted by Crippen LogP contribution is 2.24. The van der Waals surface area contributed by atoms with Crippen molar-refractivity contribution in [3.05, 3.63) is 76.7 Å². The maximum atomic E-state index is 13.1. The summed E-state index contributed by atoms with van der Waals surface area (Å²) in [5, 5.41) is 10.0. The number of pyridine rings is 1. The van der Waals surface area contributed by atoms with Gasteiger partial charge in [0.25, 0.3) is 5.91 Å². The number of thioether (sulfide) groups is 1. The normalized spacial score (nSPS) is 10.5. The van der Waals surface area contributed by atoms with E-state index in [-0.39, 0.29) is 12.3 Å². The summed E-state index contributed by atoms with van der Waals surface area (Å²) in [4.78, 5) is 29.9. The molecule has 0 fully saturated rings. The van der Waals surface area contributed by atoms with E-state index in [1.165, 1.54) is 11.8 Å². The van der Waals surface area contributed by atoms with Crippen LogP contribution in [0.4, 0.5) is 5.82 Å². The lowest BCUT2D eigenvalue weighted by Gasteiger charge is -2.22. The van der Waals surface area contributed by atoms with Crippen LogP contribution in [0.25, 0.3) is 0 Å². The number of carbonyl (C=O) groups excluding carboxylic acids is 1. The average Bonchev–Trinajstić information content (AvgIpc) is 2.85. The minimum Gasteiger partial charge on any atom is -0.360 e. The number of amides is 1. The van der Waals surface area contributed by atoms with Crippen LogP contribution in [0.5, 0.6) is 0 Å². The van der Waals surface area contributed by atoms with E-state index in [0.717, 1.165) is 29.9 Å². The second-order valence-corrected chi connectivity index (χ2v) is 9.06. The van der Waals surface area contributed by atoms with Crippen molar-refractivity contribution in [2.45, 2.75) is 37.2 Å². The van der Waals surface area contributed by atoms with Crippen molar-refractivity contribution < 1.29 is 4.79 Å². The van der Waals surface area contributed by atoms with Crippen LogP contribution in [0.3, 0.4) is 0 Å². The molecule has 3 rings (SSSR count). The molecule has 0 spiro atoms. The number of halogens is 1. The predicted octanol–water partition coefficient (Wildman–Crippen LogP) is 5.22. The second-order valence-electron chi connectivity index (χ2n) is 7.73. The summed E-state index contributed by atoms with van der Waals surface area (Å²) < 4.78 is 0. The van der Waals surface area contributed by atoms with E-state index < -0.39 is 0 Å². The molecule has 34 heavy (non-hydrogen) atoms. The third-order valence-corrected chi connectivity index (χ3v) is 6.17. The van der Waals surface area contributed by atoms with Crippen molar-refractivity contribution in [2.24, 2.45) is 0 Å². The molecule has 0 aliphatic rings. The molecule has 1 amide bonds. The van der Waals surface area contributed by atoms with Crippen molar-refractivity contribution in [3.8, 4) is 6.07 Å². The van der Waals surface area contributed by atoms with Crippen molar-refractivity contribution >= 4 is 35.1 Å². The number of hydrogen-bond donors (Lipinski definition) is 0. The van der Waals surface area contributed by atoms with Gasteiger partial charge in [-0.25, -0.2) is 9.97 Å². The zero-order valence-electron chi connectivity index (χ0n) is 19.3. The lowest BCUT2D eigenvalue weighted by Crippen LogP contribution is -2.31. The number of hydrogen-bond acceptors (Lipinski definition) is 7. The molecular weight excluding hydrogens is 468 g/mol. The second kappa shape index (κ2) is 12.9. The van der Waals surface area contributed by atoms with Gasteiger partial charge >= 0.3 is 0 Å². The van der Waals surface area contributed by atoms with E-state index >= 15 is 0 Å². The molecule has 3 aromatic rings. The summed E-state index contributed by atoms with van der Waals surface area (Å²) in [7, 11) is 1.99. The summed E-state index contributed by atoms with van der Waals surface area (Å²) >= 11 is 7.70. The number of rotatable bonds is 11. The molecular formula is C25H27ClN6OS. The molecule has 176 valence electrons. The van der Waals surface area contributed by atoms with E-state index in [1.807, 2.05) is 43.4 Å². The number of aromatic nitrogens is 3. The first kappa shape index (κ1) is 25.5. The Morgan fingerprint density at radius 3 is 2.62 bits per heavy atom. The lowest BCUT2D eigenvalue weighted by molar-refractivity contribution is 0.0746. The fourth-order valence-corrected chi connectivity index (χ4v) is 4.36. The Hall–Kier alpha value is -3.15. The molecule has 0 atom stereocenters. The number of nitriles is 1. The van der Waals surface area contributed by atoms with Crippen molar-refractivity contribution in [3.63, 3.8) is 0 Å². The maximum Gasteiger partial charge on any atom is 0.254 e. The van der Waals surface area contributed by atoms with Crippen molar-refractivity contribution in [1.82, 2.24) is 19.9 Å². The molecule has 0 aliphatic carbocycles. The van der Waals surface area contributed by atoms with E-state index in [0.29, 0.717) is 34.7 Å². The average molecular weight is 495 g/mol. The van der Waals surface area contributed by atoms with Crippen LogP contribution in [-0.2, 0) is 12.3 Å². The Morgan fingerprint density at radius 1 is 1.15 bits per heavy atom. The summed E-state index contributed by atoms with van der Waals surface area (Å²) in [6.07, 6.45) is 4.72. The van der Waals surface area contributed by atoms with E-state index in [4.69, 9.17) is 16.9 Å². The molecule has 0 aliphatic heterocycles. The molecule has 1 aromatic carbocycles. The molecule has 2 heterocycles. The van der Waals surface area contributed by atoms with E-state index in [2.05, 4.69) is 32.8 Å². The summed E-state index contributed by atoms with van der Waals surface area (Å²) in [6, 6.07) is 15.1. The highest BCUT2D eigenvalue weighted by atomic mass is 35.5. The number of nitrogens with zero attached hydrogens (tertiary/aromatic N) is 6. The Balaban J connectivity index is 1.65. The largest absolute Gasteiger partial charge is 0.360 e. The number of benzene rings is 1. The Labute approximate surface area is 209 Å². The van der Waals surface area contributed by atoms with Crippen LogP contribution in [-0.4, -0.2) is 45.9 Å². The highest BCUT2D eigenvalue weighted by Gasteiger charge is 2.16. The molecule has 0 bridgehead atoms. The van der Waals surface area contributed by atoms with Crippen LogP contribution in [0, 0.1) is 11.3 Å². The van der Waals surface area contributed by atoms with Crippen LogP contribution in [0.1, 0.15) is 41.3 Å². The van der Waals surface area contributed by atoms with Gasteiger partial charge in [-0.15, -0.1) is 0 Å². The van der Waals surface area contributed by atoms with E-state index in [1.54, 1.807) is 23.4 Å². The molecule has 0 N–H and O–H groups in total. The first-order valence-electron chi connectivity index (χ1n) is 11.0. The van der Waals surface area contributed by atoms with Crippen LogP contribution in [0.15, 0.2) is 60.0 Å². The van der Waals surface area contributed by atoms with Gasteiger partial charge in [0.05, 0.1) is 12.5 Å². The predicted molar refractivity (Wildman–Crippen MR) is 136 cm³/mol. The van der Waals surface area contributed by atoms with E-state index in [9.17, 15) is 4.79 Å². The molecule has 2 aromatic heterocycles. The van der Waals surface area contributed by atoms with Gasteiger partial charge < -0.3 is 9.80 Å². The molecule has 0 saturated heterocycles. The standard InChI is InChI=1S/C25H27ClN6OS/c1-3-13-31(2)23-15-22(26)29-25(30-23)34-18-19-7-9-21(10-8-19)24(33)32(14-5-11-27)17-20-6-4-12-28-16-20/h4,6-10,12,15-16H,3,5,13-14,17-18H2,1-2H3. The zero-order valence-corrected chi connectivity index (χ0v) is 20.9. The number of anilines is 1. The monoisotopic (exact) mass is 494 g/mol. The third kappa shape index (κ3) is 7.44. The van der Waals surface area contributed by atoms with Gasteiger partial charge in [0.15, 0.2) is 5.16 Å². The minimum atomic E-state index is -0.111. The van der Waals surface area contributed by atoms with Gasteiger partial charge in [-0.05, 0) is 35.7 Å². The first-order valence-corrected chi connectivity index (χ1v) is 12.4. The highest BCUT2D eigenvalue weighted by molar-refractivity contribution is 7.98. The molecule has 0 radical (unpaired) electrons. The van der Waals surface area contributed by atoms with Crippen molar-refractivity contribution in [2.75, 3.05) is 25.0 Å². The van der Waals surface area contributed by atoms with Crippen LogP contribution in [0.2, 0.25) is 5.15 Å². The van der Waals surface area contributed by atoms with Gasteiger partial charge in [-0.1, -0.05) is 48.5 Å². The quantitative estimate of drug-likeness (QED) is 0.205. The van der Waals surface area contributed by atoms with Gasteiger partial charge in [0.2, 0.25) is 0 Å². The van der Waals surface area contributed by atoms with Gasteiger partial charge in [0, 0.05) is 56.5 Å². The topological polar surface area (TPSA) is 86.0 Å². The summed E-state index contributed by atoms with van der Waals surface area (Å²) in [5.74, 6) is 1.34. The Kier molecular flexibility index (Phi) is 9.68. The maximum absolute atomic E-state index is 13.1. The minimum absolute atomic E-state index is 0.111. The van der Waals surface area contributed by atoms with Crippen molar-refractivity contribution in [1.29, 1.82) is 5.26 Å². The summed E-state index contributed by atoms with van der Waals surface area (Å²) in [5.41, 5.74) is 2.55. The fourth-order valence-electron chi connectivity index (χ4n) is 3.32. The Bertz CT molecular complexity index is 1120. The molecule has 0 saturated carbocycles. The Morgan fingerprint density at radius 2 is 1.94 bits per heavy atom. The van der Waals surface area contributed by atoms with Crippen LogP contribution >= 0.6 is 23.4 Å². The SMILES string of the molecule is CCCN(C)c1cc(Cl)nc(SCc2ccc(C(=O)N(CCC#N)Cc3cccnc3)cc2)n1. The fraction of sp³-hybridized carbons (Fsp3) is 0.320. The van der Waals surface area contributed by atoms with Gasteiger partial charge in [-0.3, -0.25) is 9.78 Å².